The number of anilines is 1. The van der Waals surface area contributed by atoms with E-state index in [9.17, 15) is 10.2 Å². The van der Waals surface area contributed by atoms with Gasteiger partial charge in [-0.05, 0) is 26.0 Å². The van der Waals surface area contributed by atoms with E-state index in [0.29, 0.717) is 23.9 Å². The van der Waals surface area contributed by atoms with Crippen LogP contribution in [0, 0.1) is 0 Å². The largest absolute Gasteiger partial charge is 0.508 e. The van der Waals surface area contributed by atoms with Gasteiger partial charge >= 0.3 is 0 Å². The molecule has 0 aliphatic carbocycles. The summed E-state index contributed by atoms with van der Waals surface area (Å²) in [6, 6.07) is 4.42. The summed E-state index contributed by atoms with van der Waals surface area (Å²) in [4.78, 5) is 0. The average Bonchev–Trinajstić information content (AvgIpc) is 2.72. The van der Waals surface area contributed by atoms with E-state index in [2.05, 4.69) is 15.5 Å². The number of benzene rings is 1. The second kappa shape index (κ2) is 4.95. The number of aromatic hydroxyl groups is 2. The van der Waals surface area contributed by atoms with E-state index in [0.717, 1.165) is 6.54 Å². The Kier molecular flexibility index (Phi) is 3.36. The molecular formula is C12H16N4O2. The Morgan fingerprint density at radius 2 is 2.00 bits per heavy atom. The number of phenolic OH excluding ortho intramolecular Hbond substituents is 2. The maximum atomic E-state index is 9.84. The summed E-state index contributed by atoms with van der Waals surface area (Å²) in [5.74, 6) is 1.25. The molecule has 0 saturated heterocycles. The zero-order chi connectivity index (χ0) is 13.1. The standard InChI is InChI=1S/C12H16N4O2/c1-3-13-12-15-14-11(16(12)4-2)9-6-5-8(17)7-10(9)18/h5-7,17-18H,3-4H2,1-2H3,(H,13,15). The molecule has 0 spiro atoms. The molecule has 6 nitrogen and oxygen atoms in total. The van der Waals surface area contributed by atoms with Crippen LogP contribution in [0.25, 0.3) is 11.4 Å². The van der Waals surface area contributed by atoms with Gasteiger partial charge in [-0.3, -0.25) is 4.57 Å². The molecule has 3 N–H and O–H groups in total. The molecule has 2 aromatic rings. The van der Waals surface area contributed by atoms with E-state index in [1.807, 2.05) is 18.4 Å². The number of rotatable bonds is 4. The first-order valence-corrected chi connectivity index (χ1v) is 5.86. The SMILES string of the molecule is CCNc1nnc(-c2ccc(O)cc2O)n1CC. The molecule has 0 saturated carbocycles. The minimum absolute atomic E-state index is 0.0138. The number of hydrogen-bond acceptors (Lipinski definition) is 5. The minimum atomic E-state index is -0.0138. The molecular weight excluding hydrogens is 232 g/mol. The lowest BCUT2D eigenvalue weighted by Crippen LogP contribution is -2.06. The van der Waals surface area contributed by atoms with Gasteiger partial charge in [-0.25, -0.2) is 0 Å². The summed E-state index contributed by atoms with van der Waals surface area (Å²) >= 11 is 0. The number of nitrogens with one attached hydrogen (secondary N) is 1. The molecule has 0 fully saturated rings. The van der Waals surface area contributed by atoms with E-state index >= 15 is 0 Å². The smallest absolute Gasteiger partial charge is 0.224 e. The van der Waals surface area contributed by atoms with Gasteiger partial charge in [-0.1, -0.05) is 0 Å². The number of phenols is 2. The Bertz CT molecular complexity index is 551. The van der Waals surface area contributed by atoms with Gasteiger partial charge in [0, 0.05) is 19.2 Å². The molecule has 1 heterocycles. The summed E-state index contributed by atoms with van der Waals surface area (Å²) in [6.45, 7) is 5.39. The summed E-state index contributed by atoms with van der Waals surface area (Å²) in [5, 5.41) is 30.4. The van der Waals surface area contributed by atoms with Crippen LogP contribution in [0.5, 0.6) is 11.5 Å². The van der Waals surface area contributed by atoms with Crippen LogP contribution < -0.4 is 5.32 Å². The second-order valence-corrected chi connectivity index (χ2v) is 3.82. The highest BCUT2D eigenvalue weighted by molar-refractivity contribution is 5.66. The predicted molar refractivity (Wildman–Crippen MR) is 68.6 cm³/mol. The molecule has 0 bridgehead atoms. The van der Waals surface area contributed by atoms with Crippen molar-refractivity contribution >= 4 is 5.95 Å². The molecule has 96 valence electrons. The van der Waals surface area contributed by atoms with E-state index in [4.69, 9.17) is 0 Å². The monoisotopic (exact) mass is 248 g/mol. The molecule has 0 amide bonds. The van der Waals surface area contributed by atoms with Gasteiger partial charge in [0.25, 0.3) is 0 Å². The quantitative estimate of drug-likeness (QED) is 0.768. The summed E-state index contributed by atoms with van der Waals surface area (Å²) in [5.41, 5.74) is 0.548. The van der Waals surface area contributed by atoms with Crippen LogP contribution >= 0.6 is 0 Å². The van der Waals surface area contributed by atoms with Crippen LogP contribution in [0.4, 0.5) is 5.95 Å². The normalized spacial score (nSPS) is 10.6. The van der Waals surface area contributed by atoms with Gasteiger partial charge < -0.3 is 15.5 Å². The molecule has 0 aliphatic heterocycles. The van der Waals surface area contributed by atoms with Crippen molar-refractivity contribution in [3.05, 3.63) is 18.2 Å². The number of aromatic nitrogens is 3. The third-order valence-electron chi connectivity index (χ3n) is 2.62. The Hall–Kier alpha value is -2.24. The molecule has 0 unspecified atom stereocenters. The first kappa shape index (κ1) is 12.2. The fourth-order valence-electron chi connectivity index (χ4n) is 1.80. The molecule has 0 atom stereocenters. The zero-order valence-corrected chi connectivity index (χ0v) is 10.4. The van der Waals surface area contributed by atoms with Crippen LogP contribution in [-0.2, 0) is 6.54 Å². The Labute approximate surface area is 105 Å². The first-order valence-electron chi connectivity index (χ1n) is 5.86. The van der Waals surface area contributed by atoms with Crippen LogP contribution in [0.15, 0.2) is 18.2 Å². The molecule has 18 heavy (non-hydrogen) atoms. The Morgan fingerprint density at radius 1 is 1.22 bits per heavy atom. The van der Waals surface area contributed by atoms with Crippen LogP contribution in [-0.4, -0.2) is 31.5 Å². The van der Waals surface area contributed by atoms with Gasteiger partial charge in [0.1, 0.15) is 11.5 Å². The van der Waals surface area contributed by atoms with Crippen molar-refractivity contribution < 1.29 is 10.2 Å². The van der Waals surface area contributed by atoms with Crippen LogP contribution in [0.1, 0.15) is 13.8 Å². The molecule has 2 rings (SSSR count). The maximum absolute atomic E-state index is 9.84. The molecule has 1 aromatic heterocycles. The lowest BCUT2D eigenvalue weighted by molar-refractivity contribution is 0.451. The van der Waals surface area contributed by atoms with Gasteiger partial charge in [-0.15, -0.1) is 10.2 Å². The van der Waals surface area contributed by atoms with E-state index in [1.165, 1.54) is 12.1 Å². The van der Waals surface area contributed by atoms with E-state index in [-0.39, 0.29) is 11.5 Å². The molecule has 0 radical (unpaired) electrons. The third kappa shape index (κ3) is 2.09. The molecule has 6 heteroatoms. The molecule has 1 aromatic carbocycles. The van der Waals surface area contributed by atoms with Crippen molar-refractivity contribution in [3.63, 3.8) is 0 Å². The lowest BCUT2D eigenvalue weighted by Gasteiger charge is -2.09. The van der Waals surface area contributed by atoms with E-state index in [1.54, 1.807) is 6.07 Å². The highest BCUT2D eigenvalue weighted by atomic mass is 16.3. The summed E-state index contributed by atoms with van der Waals surface area (Å²) in [6.07, 6.45) is 0. The van der Waals surface area contributed by atoms with Crippen molar-refractivity contribution in [2.45, 2.75) is 20.4 Å². The van der Waals surface area contributed by atoms with Crippen molar-refractivity contribution in [1.29, 1.82) is 0 Å². The Morgan fingerprint density at radius 3 is 2.61 bits per heavy atom. The molecule has 0 aliphatic rings. The van der Waals surface area contributed by atoms with Crippen molar-refractivity contribution in [3.8, 4) is 22.9 Å². The van der Waals surface area contributed by atoms with Gasteiger partial charge in [0.15, 0.2) is 5.82 Å². The Balaban J connectivity index is 2.50. The minimum Gasteiger partial charge on any atom is -0.508 e. The first-order chi connectivity index (χ1) is 8.67. The third-order valence-corrected chi connectivity index (χ3v) is 2.62. The van der Waals surface area contributed by atoms with E-state index < -0.39 is 0 Å². The maximum Gasteiger partial charge on any atom is 0.224 e. The van der Waals surface area contributed by atoms with Crippen molar-refractivity contribution in [2.75, 3.05) is 11.9 Å². The fourth-order valence-corrected chi connectivity index (χ4v) is 1.80. The second-order valence-electron chi connectivity index (χ2n) is 3.82. The number of hydrogen-bond donors (Lipinski definition) is 3. The predicted octanol–water partition coefficient (Wildman–Crippen LogP) is 1.81. The van der Waals surface area contributed by atoms with Gasteiger partial charge in [0.2, 0.25) is 5.95 Å². The fraction of sp³-hybridized carbons (Fsp3) is 0.333. The number of nitrogens with zero attached hydrogens (tertiary/aromatic N) is 3. The van der Waals surface area contributed by atoms with Crippen molar-refractivity contribution in [1.82, 2.24) is 14.8 Å². The summed E-state index contributed by atoms with van der Waals surface area (Å²) in [7, 11) is 0. The zero-order valence-electron chi connectivity index (χ0n) is 10.4. The average molecular weight is 248 g/mol. The van der Waals surface area contributed by atoms with Gasteiger partial charge in [-0.2, -0.15) is 0 Å². The summed E-state index contributed by atoms with van der Waals surface area (Å²) < 4.78 is 1.87. The van der Waals surface area contributed by atoms with Crippen LogP contribution in [0.3, 0.4) is 0 Å². The lowest BCUT2D eigenvalue weighted by atomic mass is 10.2. The topological polar surface area (TPSA) is 83.2 Å². The van der Waals surface area contributed by atoms with Crippen molar-refractivity contribution in [2.24, 2.45) is 0 Å². The highest BCUT2D eigenvalue weighted by Gasteiger charge is 2.15. The highest BCUT2D eigenvalue weighted by Crippen LogP contribution is 2.31. The van der Waals surface area contributed by atoms with Crippen LogP contribution in [0.2, 0.25) is 0 Å². The van der Waals surface area contributed by atoms with Gasteiger partial charge in [0.05, 0.1) is 5.56 Å².